The molecule has 2 fully saturated rings. The zero-order chi connectivity index (χ0) is 36.3. The van der Waals surface area contributed by atoms with Gasteiger partial charge < -0.3 is 31.5 Å². The maximum absolute atomic E-state index is 14.0. The molecule has 12 nitrogen and oxygen atoms in total. The van der Waals surface area contributed by atoms with Crippen molar-refractivity contribution in [1.82, 2.24) is 31.5 Å². The first-order valence-electron chi connectivity index (χ1n) is 17.5. The van der Waals surface area contributed by atoms with Crippen LogP contribution in [0.2, 0.25) is 0 Å². The summed E-state index contributed by atoms with van der Waals surface area (Å²) in [6, 6.07) is 22.3. The highest BCUT2D eigenvalue weighted by Gasteiger charge is 2.38. The molecule has 0 aromatic heterocycles. The molecule has 0 bridgehead atoms. The molecular formula is C39H46N6O6. The van der Waals surface area contributed by atoms with Gasteiger partial charge >= 0.3 is 0 Å². The predicted molar refractivity (Wildman–Crippen MR) is 191 cm³/mol. The molecule has 2 aliphatic heterocycles. The van der Waals surface area contributed by atoms with E-state index in [1.165, 1.54) is 4.90 Å². The molecule has 0 spiro atoms. The Balaban J connectivity index is 1.49. The van der Waals surface area contributed by atoms with E-state index in [2.05, 4.69) is 26.6 Å². The van der Waals surface area contributed by atoms with Crippen LogP contribution in [0.15, 0.2) is 91.0 Å². The van der Waals surface area contributed by atoms with Crippen LogP contribution in [0, 0.1) is 5.92 Å². The zero-order valence-corrected chi connectivity index (χ0v) is 29.0. The first kappa shape index (κ1) is 36.8. The fraction of sp³-hybridized carbons (Fsp3) is 0.385. The Morgan fingerprint density at radius 3 is 1.49 bits per heavy atom. The van der Waals surface area contributed by atoms with Crippen molar-refractivity contribution in [2.75, 3.05) is 13.1 Å². The third-order valence-corrected chi connectivity index (χ3v) is 9.28. The van der Waals surface area contributed by atoms with Crippen molar-refractivity contribution < 1.29 is 28.8 Å². The van der Waals surface area contributed by atoms with E-state index < -0.39 is 78.1 Å². The van der Waals surface area contributed by atoms with Crippen LogP contribution in [0.1, 0.15) is 43.4 Å². The lowest BCUT2D eigenvalue weighted by atomic mass is 9.99. The number of hydrogen-bond acceptors (Lipinski definition) is 6. The van der Waals surface area contributed by atoms with E-state index in [-0.39, 0.29) is 19.3 Å². The number of nitrogens with one attached hydrogen (secondary N) is 5. The van der Waals surface area contributed by atoms with Gasteiger partial charge in [0.05, 0.1) is 6.54 Å². The second kappa shape index (κ2) is 17.4. The molecule has 2 aliphatic rings. The lowest BCUT2D eigenvalue weighted by Gasteiger charge is -2.30. The summed E-state index contributed by atoms with van der Waals surface area (Å²) in [5.74, 6) is -3.68. The summed E-state index contributed by atoms with van der Waals surface area (Å²) in [7, 11) is 0. The van der Waals surface area contributed by atoms with Crippen molar-refractivity contribution in [3.8, 4) is 0 Å². The summed E-state index contributed by atoms with van der Waals surface area (Å²) in [4.78, 5) is 84.3. The van der Waals surface area contributed by atoms with Gasteiger partial charge in [0.15, 0.2) is 0 Å². The Morgan fingerprint density at radius 2 is 1.00 bits per heavy atom. The monoisotopic (exact) mass is 694 g/mol. The smallest absolute Gasteiger partial charge is 0.243 e. The van der Waals surface area contributed by atoms with Crippen molar-refractivity contribution in [3.05, 3.63) is 108 Å². The lowest BCUT2D eigenvalue weighted by Crippen LogP contribution is -2.61. The van der Waals surface area contributed by atoms with Crippen LogP contribution in [0.25, 0.3) is 0 Å². The highest BCUT2D eigenvalue weighted by Crippen LogP contribution is 2.19. The fourth-order valence-electron chi connectivity index (χ4n) is 6.49. The number of fused-ring (bicyclic) bond motifs is 1. The maximum atomic E-state index is 14.0. The van der Waals surface area contributed by atoms with Crippen molar-refractivity contribution >= 4 is 35.4 Å². The van der Waals surface area contributed by atoms with Crippen LogP contribution in [-0.4, -0.2) is 83.6 Å². The van der Waals surface area contributed by atoms with E-state index in [1.54, 1.807) is 13.8 Å². The number of nitrogens with zero attached hydrogens (tertiary/aromatic N) is 1. The molecule has 268 valence electrons. The highest BCUT2D eigenvalue weighted by molar-refractivity contribution is 5.98. The summed E-state index contributed by atoms with van der Waals surface area (Å²) in [6.07, 6.45) is 1.33. The van der Waals surface area contributed by atoms with Gasteiger partial charge in [-0.2, -0.15) is 0 Å². The largest absolute Gasteiger partial charge is 0.345 e. The number of rotatable bonds is 7. The summed E-state index contributed by atoms with van der Waals surface area (Å²) in [5, 5.41) is 14.0. The van der Waals surface area contributed by atoms with Gasteiger partial charge in [-0.3, -0.25) is 28.8 Å². The third kappa shape index (κ3) is 10.0. The normalized spacial score (nSPS) is 24.0. The van der Waals surface area contributed by atoms with Crippen molar-refractivity contribution in [2.24, 2.45) is 5.92 Å². The Morgan fingerprint density at radius 1 is 0.569 bits per heavy atom. The van der Waals surface area contributed by atoms with Gasteiger partial charge in [-0.25, -0.2) is 0 Å². The lowest BCUT2D eigenvalue weighted by molar-refractivity contribution is -0.140. The van der Waals surface area contributed by atoms with Crippen LogP contribution in [0.4, 0.5) is 0 Å². The Hall–Kier alpha value is -5.52. The summed E-state index contributed by atoms with van der Waals surface area (Å²) in [5.41, 5.74) is 2.34. The average Bonchev–Trinajstić information content (AvgIpc) is 3.63. The average molecular weight is 695 g/mol. The van der Waals surface area contributed by atoms with E-state index in [0.717, 1.165) is 16.7 Å². The van der Waals surface area contributed by atoms with Crippen LogP contribution in [0.5, 0.6) is 0 Å². The van der Waals surface area contributed by atoms with Gasteiger partial charge in [0.2, 0.25) is 35.4 Å². The van der Waals surface area contributed by atoms with Crippen LogP contribution in [0.3, 0.4) is 0 Å². The minimum Gasteiger partial charge on any atom is -0.345 e. The summed E-state index contributed by atoms with van der Waals surface area (Å²) in [6.45, 7) is 3.47. The van der Waals surface area contributed by atoms with E-state index >= 15 is 0 Å². The molecule has 51 heavy (non-hydrogen) atoms. The van der Waals surface area contributed by atoms with Crippen molar-refractivity contribution in [2.45, 2.75) is 76.2 Å². The molecule has 2 saturated heterocycles. The van der Waals surface area contributed by atoms with E-state index in [4.69, 9.17) is 0 Å². The molecule has 6 amide bonds. The molecule has 12 heteroatoms. The Labute approximate surface area is 298 Å². The van der Waals surface area contributed by atoms with Gasteiger partial charge in [0.25, 0.3) is 0 Å². The predicted octanol–water partition coefficient (Wildman–Crippen LogP) is 1.43. The molecule has 0 saturated carbocycles. The van der Waals surface area contributed by atoms with Crippen molar-refractivity contribution in [1.29, 1.82) is 0 Å². The highest BCUT2D eigenvalue weighted by atomic mass is 16.2. The van der Waals surface area contributed by atoms with E-state index in [9.17, 15) is 28.8 Å². The molecule has 5 atom stereocenters. The van der Waals surface area contributed by atoms with Crippen molar-refractivity contribution in [3.63, 3.8) is 0 Å². The SMILES string of the molecule is CC(C)[C@@H]1NC(=O)[C@H](Cc2ccccc2)NC(=O)[C@@H]2CCCN2C(=O)CNC(=O)[C@H](Cc2ccccc2)NC(=O)[C@H](Cc2ccccc2)NC1=O. The summed E-state index contributed by atoms with van der Waals surface area (Å²) < 4.78 is 0. The number of hydrogen-bond donors (Lipinski definition) is 5. The Bertz CT molecular complexity index is 1690. The van der Waals surface area contributed by atoms with Gasteiger partial charge in [0, 0.05) is 25.8 Å². The zero-order valence-electron chi connectivity index (χ0n) is 29.0. The maximum Gasteiger partial charge on any atom is 0.243 e. The van der Waals surface area contributed by atoms with Crippen LogP contribution in [-0.2, 0) is 48.0 Å². The molecular weight excluding hydrogens is 648 g/mol. The molecule has 5 N–H and O–H groups in total. The topological polar surface area (TPSA) is 166 Å². The number of carbonyl (C=O) groups is 6. The van der Waals surface area contributed by atoms with Gasteiger partial charge in [-0.1, -0.05) is 105 Å². The molecule has 5 rings (SSSR count). The van der Waals surface area contributed by atoms with Gasteiger partial charge in [0.1, 0.15) is 30.2 Å². The molecule has 3 aromatic rings. The summed E-state index contributed by atoms with van der Waals surface area (Å²) >= 11 is 0. The van der Waals surface area contributed by atoms with E-state index in [1.807, 2.05) is 91.0 Å². The quantitative estimate of drug-likeness (QED) is 0.251. The first-order valence-corrected chi connectivity index (χ1v) is 17.5. The van der Waals surface area contributed by atoms with Crippen LogP contribution >= 0.6 is 0 Å². The standard InChI is InChI=1S/C39H46N6O6/c1-25(2)34-39(51)43-30(22-27-15-8-4-9-16-27)36(48)41-29(21-26-13-6-3-7-14-26)35(47)40-24-33(46)45-20-12-19-32(45)38(50)42-31(37(49)44-34)23-28-17-10-5-11-18-28/h3-11,13-18,25,29-32,34H,12,19-24H2,1-2H3,(H,40,47)(H,41,48)(H,42,50)(H,43,51)(H,44,49)/t29-,30-,31-,32-,34-/m0/s1. The number of carbonyl (C=O) groups excluding carboxylic acids is 6. The fourth-order valence-corrected chi connectivity index (χ4v) is 6.49. The van der Waals surface area contributed by atoms with Gasteiger partial charge in [-0.05, 0) is 35.4 Å². The number of amides is 6. The van der Waals surface area contributed by atoms with Gasteiger partial charge in [-0.15, -0.1) is 0 Å². The minimum atomic E-state index is -1.12. The molecule has 0 radical (unpaired) electrons. The first-order chi connectivity index (χ1) is 24.6. The second-order valence-electron chi connectivity index (χ2n) is 13.4. The molecule has 0 unspecified atom stereocenters. The van der Waals surface area contributed by atoms with Crippen LogP contribution < -0.4 is 26.6 Å². The molecule has 3 aromatic carbocycles. The second-order valence-corrected chi connectivity index (χ2v) is 13.4. The Kier molecular flexibility index (Phi) is 12.6. The number of benzene rings is 3. The third-order valence-electron chi connectivity index (χ3n) is 9.28. The molecule has 2 heterocycles. The van der Waals surface area contributed by atoms with E-state index in [0.29, 0.717) is 19.4 Å². The minimum absolute atomic E-state index is 0.109. The molecule has 0 aliphatic carbocycles.